The van der Waals surface area contributed by atoms with E-state index in [0.29, 0.717) is 0 Å². The van der Waals surface area contributed by atoms with Crippen LogP contribution < -0.4 is 10.6 Å². The molecule has 1 unspecified atom stereocenters. The molecular weight excluding hydrogens is 116 g/mol. The fourth-order valence-corrected chi connectivity index (χ4v) is 1.26. The normalized spacial score (nSPS) is 34.8. The zero-order valence-electron chi connectivity index (χ0n) is 5.39. The lowest BCUT2D eigenvalue weighted by Gasteiger charge is -2.19. The minimum Gasteiger partial charge on any atom is -0.458 e. The van der Waals surface area contributed by atoms with Gasteiger partial charge in [0, 0.05) is 12.8 Å². The van der Waals surface area contributed by atoms with Crippen molar-refractivity contribution in [3.63, 3.8) is 0 Å². The first kappa shape index (κ1) is 6.55. The number of nitrogens with two attached hydrogens (primary N) is 1. The van der Waals surface area contributed by atoms with Gasteiger partial charge in [-0.05, 0) is 0 Å². The summed E-state index contributed by atoms with van der Waals surface area (Å²) in [5, 5.41) is 0. The summed E-state index contributed by atoms with van der Waals surface area (Å²) in [6, 6.07) is -0.0231. The van der Waals surface area contributed by atoms with Gasteiger partial charge in [0.25, 0.3) is 5.91 Å². The Labute approximate surface area is 54.8 Å². The third-order valence-electron chi connectivity index (χ3n) is 1.83. The average Bonchev–Trinajstić information content (AvgIpc) is 2.13. The van der Waals surface area contributed by atoms with Crippen LogP contribution >= 0.6 is 0 Å². The van der Waals surface area contributed by atoms with Gasteiger partial charge in [0.1, 0.15) is 6.04 Å². The van der Waals surface area contributed by atoms with Crippen molar-refractivity contribution in [2.24, 2.45) is 5.73 Å². The molecule has 3 heteroatoms. The van der Waals surface area contributed by atoms with E-state index in [1.54, 1.807) is 0 Å². The molecule has 3 N–H and O–H groups in total. The quantitative estimate of drug-likeness (QED) is 0.407. The predicted octanol–water partition coefficient (Wildman–Crippen LogP) is -1.69. The molecule has 3 nitrogen and oxygen atoms in total. The second kappa shape index (κ2) is 2.35. The Hall–Kier alpha value is -0.570. The SMILES string of the molecule is [CH2-][NH+]1CCC[C@@H]1C(N)=O. The molecule has 1 fully saturated rings. The van der Waals surface area contributed by atoms with Gasteiger partial charge in [-0.2, -0.15) is 7.05 Å². The van der Waals surface area contributed by atoms with Crippen LogP contribution in [0.5, 0.6) is 0 Å². The summed E-state index contributed by atoms with van der Waals surface area (Å²) in [5.74, 6) is -0.211. The van der Waals surface area contributed by atoms with Crippen LogP contribution in [-0.2, 0) is 4.79 Å². The topological polar surface area (TPSA) is 47.5 Å². The smallest absolute Gasteiger partial charge is 0.273 e. The Kier molecular flexibility index (Phi) is 1.71. The van der Waals surface area contributed by atoms with E-state index in [1.165, 1.54) is 0 Å². The summed E-state index contributed by atoms with van der Waals surface area (Å²) in [5.41, 5.74) is 5.09. The van der Waals surface area contributed by atoms with E-state index in [-0.39, 0.29) is 11.9 Å². The van der Waals surface area contributed by atoms with Crippen molar-refractivity contribution in [1.29, 1.82) is 0 Å². The van der Waals surface area contributed by atoms with Gasteiger partial charge in [-0.15, -0.1) is 0 Å². The molecule has 0 saturated carbocycles. The lowest BCUT2D eigenvalue weighted by molar-refractivity contribution is -0.856. The molecule has 0 aromatic carbocycles. The lowest BCUT2D eigenvalue weighted by Crippen LogP contribution is -3.10. The van der Waals surface area contributed by atoms with Gasteiger partial charge in [0.15, 0.2) is 0 Å². The Morgan fingerprint density at radius 3 is 2.67 bits per heavy atom. The van der Waals surface area contributed by atoms with Gasteiger partial charge >= 0.3 is 0 Å². The number of hydrogen-bond donors (Lipinski definition) is 2. The van der Waals surface area contributed by atoms with E-state index in [2.05, 4.69) is 7.05 Å². The zero-order valence-corrected chi connectivity index (χ0v) is 5.39. The van der Waals surface area contributed by atoms with E-state index in [0.717, 1.165) is 24.3 Å². The van der Waals surface area contributed by atoms with Gasteiger partial charge < -0.3 is 10.6 Å². The van der Waals surface area contributed by atoms with Crippen molar-refractivity contribution in [3.05, 3.63) is 7.05 Å². The zero-order chi connectivity index (χ0) is 6.85. The molecule has 1 heterocycles. The summed E-state index contributed by atoms with van der Waals surface area (Å²) in [6.45, 7) is 0.980. The molecule has 1 saturated heterocycles. The molecule has 1 aliphatic heterocycles. The summed E-state index contributed by atoms with van der Waals surface area (Å²) >= 11 is 0. The Morgan fingerprint density at radius 2 is 2.44 bits per heavy atom. The minimum atomic E-state index is -0.211. The average molecular weight is 128 g/mol. The highest BCUT2D eigenvalue weighted by molar-refractivity contribution is 5.78. The molecule has 0 radical (unpaired) electrons. The number of carbonyl (C=O) groups is 1. The van der Waals surface area contributed by atoms with Crippen LogP contribution in [0.4, 0.5) is 0 Å². The number of amides is 1. The van der Waals surface area contributed by atoms with Crippen LogP contribution in [0.1, 0.15) is 12.8 Å². The maximum absolute atomic E-state index is 10.6. The maximum atomic E-state index is 10.6. The molecular formula is C6H12N2O. The number of hydrogen-bond acceptors (Lipinski definition) is 1. The summed E-state index contributed by atoms with van der Waals surface area (Å²) in [4.78, 5) is 11.6. The van der Waals surface area contributed by atoms with Crippen molar-refractivity contribution >= 4 is 5.91 Å². The van der Waals surface area contributed by atoms with Gasteiger partial charge in [-0.3, -0.25) is 4.79 Å². The molecule has 0 aliphatic carbocycles. The van der Waals surface area contributed by atoms with Crippen molar-refractivity contribution in [1.82, 2.24) is 0 Å². The molecule has 0 bridgehead atoms. The number of primary amides is 1. The second-order valence-electron chi connectivity index (χ2n) is 2.51. The molecule has 0 spiro atoms. The summed E-state index contributed by atoms with van der Waals surface area (Å²) < 4.78 is 0. The number of quaternary nitrogens is 1. The van der Waals surface area contributed by atoms with E-state index in [1.807, 2.05) is 0 Å². The maximum Gasteiger partial charge on any atom is 0.273 e. The van der Waals surface area contributed by atoms with Crippen LogP contribution in [0.15, 0.2) is 0 Å². The standard InChI is InChI=1S/C6H12N2O/c1-8-4-2-3-5(8)6(7)9/h5,8H,1-4H2,(H2,7,9)/t5-/m1/s1. The van der Waals surface area contributed by atoms with E-state index >= 15 is 0 Å². The molecule has 0 aromatic heterocycles. The van der Waals surface area contributed by atoms with Crippen LogP contribution in [0, 0.1) is 7.05 Å². The minimum absolute atomic E-state index is 0.0231. The number of carbonyl (C=O) groups excluding carboxylic acids is 1. The Morgan fingerprint density at radius 1 is 1.78 bits per heavy atom. The third kappa shape index (κ3) is 1.21. The predicted molar refractivity (Wildman–Crippen MR) is 33.4 cm³/mol. The highest BCUT2D eigenvalue weighted by Crippen LogP contribution is 1.97. The number of likely N-dealkylation sites (tertiary alicyclic amines) is 1. The first-order valence-corrected chi connectivity index (χ1v) is 3.19. The van der Waals surface area contributed by atoms with Crippen LogP contribution in [0.25, 0.3) is 0 Å². The largest absolute Gasteiger partial charge is 0.458 e. The monoisotopic (exact) mass is 128 g/mol. The van der Waals surface area contributed by atoms with Crippen molar-refractivity contribution in [3.8, 4) is 0 Å². The molecule has 2 atom stereocenters. The van der Waals surface area contributed by atoms with E-state index < -0.39 is 0 Å². The number of rotatable bonds is 1. The molecule has 1 amide bonds. The highest BCUT2D eigenvalue weighted by atomic mass is 16.1. The van der Waals surface area contributed by atoms with Gasteiger partial charge in [0.2, 0.25) is 0 Å². The van der Waals surface area contributed by atoms with E-state index in [4.69, 9.17) is 5.73 Å². The third-order valence-corrected chi connectivity index (χ3v) is 1.83. The molecule has 0 aromatic rings. The molecule has 1 rings (SSSR count). The lowest BCUT2D eigenvalue weighted by atomic mass is 10.2. The summed E-state index contributed by atoms with van der Waals surface area (Å²) in [6.07, 6.45) is 1.99. The van der Waals surface area contributed by atoms with Gasteiger partial charge in [0.05, 0.1) is 6.54 Å². The van der Waals surface area contributed by atoms with Gasteiger partial charge in [-0.1, -0.05) is 0 Å². The fraction of sp³-hybridized carbons (Fsp3) is 0.667. The Balaban J connectivity index is 2.49. The highest BCUT2D eigenvalue weighted by Gasteiger charge is 2.25. The van der Waals surface area contributed by atoms with Gasteiger partial charge in [-0.25, -0.2) is 0 Å². The van der Waals surface area contributed by atoms with E-state index in [9.17, 15) is 4.79 Å². The van der Waals surface area contributed by atoms with Crippen LogP contribution in [0.3, 0.4) is 0 Å². The Bertz CT molecular complexity index is 124. The first-order chi connectivity index (χ1) is 4.22. The van der Waals surface area contributed by atoms with Crippen molar-refractivity contribution in [2.45, 2.75) is 18.9 Å². The first-order valence-electron chi connectivity index (χ1n) is 3.19. The number of nitrogens with one attached hydrogen (secondary N) is 1. The molecule has 9 heavy (non-hydrogen) atoms. The van der Waals surface area contributed by atoms with Crippen molar-refractivity contribution in [2.75, 3.05) is 6.54 Å². The van der Waals surface area contributed by atoms with Crippen molar-refractivity contribution < 1.29 is 9.69 Å². The fourth-order valence-electron chi connectivity index (χ4n) is 1.26. The molecule has 52 valence electrons. The summed E-state index contributed by atoms with van der Waals surface area (Å²) in [7, 11) is 3.76. The van der Waals surface area contributed by atoms with Crippen LogP contribution in [-0.4, -0.2) is 18.5 Å². The van der Waals surface area contributed by atoms with Crippen LogP contribution in [0.2, 0.25) is 0 Å². The second-order valence-corrected chi connectivity index (χ2v) is 2.51. The molecule has 1 aliphatic rings.